The molecule has 1 nitrogen and oxygen atoms in total. The van der Waals surface area contributed by atoms with E-state index in [9.17, 15) is 4.39 Å². The molecule has 0 aromatic heterocycles. The second-order valence-corrected chi connectivity index (χ2v) is 3.35. The van der Waals surface area contributed by atoms with Crippen LogP contribution in [-0.4, -0.2) is 6.61 Å². The maximum atomic E-state index is 12.7. The van der Waals surface area contributed by atoms with Crippen LogP contribution in [0.25, 0.3) is 0 Å². The molecular formula is C13H17FO. The molecule has 0 aliphatic rings. The molecule has 0 N–H and O–H groups in total. The molecule has 1 aromatic carbocycles. The molecule has 0 amide bonds. The van der Waals surface area contributed by atoms with Gasteiger partial charge in [-0.25, -0.2) is 4.39 Å². The van der Waals surface area contributed by atoms with E-state index in [0.29, 0.717) is 12.4 Å². The summed E-state index contributed by atoms with van der Waals surface area (Å²) >= 11 is 0. The fraction of sp³-hybridized carbons (Fsp3) is 0.385. The molecule has 1 aromatic rings. The van der Waals surface area contributed by atoms with Crippen molar-refractivity contribution in [3.05, 3.63) is 42.2 Å². The Morgan fingerprint density at radius 3 is 2.80 bits per heavy atom. The molecule has 0 bridgehead atoms. The van der Waals surface area contributed by atoms with Gasteiger partial charge >= 0.3 is 0 Å². The molecule has 1 rings (SSSR count). The lowest BCUT2D eigenvalue weighted by atomic mass is 10.3. The number of allylic oxidation sites excluding steroid dienone is 1. The van der Waals surface area contributed by atoms with Crippen molar-refractivity contribution in [3.8, 4) is 5.75 Å². The Hall–Kier alpha value is -1.31. The summed E-state index contributed by atoms with van der Waals surface area (Å²) < 4.78 is 18.1. The molecule has 0 radical (unpaired) electrons. The minimum Gasteiger partial charge on any atom is -0.493 e. The molecular weight excluding hydrogens is 191 g/mol. The van der Waals surface area contributed by atoms with Crippen molar-refractivity contribution in [3.63, 3.8) is 0 Å². The Balaban J connectivity index is 2.20. The Morgan fingerprint density at radius 2 is 2.07 bits per heavy atom. The standard InChI is InChI=1S/C13H17FO/c1-2-3-4-5-6-10-15-13-9-7-8-12(14)11-13/h4-5,7-9,11H,2-3,6,10H2,1H3/b5-4+. The number of benzene rings is 1. The molecule has 0 saturated carbocycles. The number of ether oxygens (including phenoxy) is 1. The summed E-state index contributed by atoms with van der Waals surface area (Å²) in [6.07, 6.45) is 7.40. The van der Waals surface area contributed by atoms with Crippen LogP contribution in [0.4, 0.5) is 4.39 Å². The Bertz CT molecular complexity index is 307. The molecule has 0 heterocycles. The SMILES string of the molecule is CCC/C=C/CCOc1cccc(F)c1. The fourth-order valence-corrected chi connectivity index (χ4v) is 1.20. The van der Waals surface area contributed by atoms with Gasteiger partial charge in [0.15, 0.2) is 0 Å². The Kier molecular flexibility index (Phi) is 5.52. The van der Waals surface area contributed by atoms with Crippen LogP contribution in [0, 0.1) is 5.82 Å². The van der Waals surface area contributed by atoms with Crippen molar-refractivity contribution >= 4 is 0 Å². The van der Waals surface area contributed by atoms with E-state index in [1.54, 1.807) is 12.1 Å². The van der Waals surface area contributed by atoms with Gasteiger partial charge in [0.1, 0.15) is 11.6 Å². The van der Waals surface area contributed by atoms with E-state index in [0.717, 1.165) is 12.8 Å². The highest BCUT2D eigenvalue weighted by Crippen LogP contribution is 2.11. The van der Waals surface area contributed by atoms with Gasteiger partial charge in [-0.3, -0.25) is 0 Å². The zero-order valence-electron chi connectivity index (χ0n) is 9.08. The summed E-state index contributed by atoms with van der Waals surface area (Å²) in [5, 5.41) is 0. The predicted molar refractivity (Wildman–Crippen MR) is 60.6 cm³/mol. The summed E-state index contributed by atoms with van der Waals surface area (Å²) in [4.78, 5) is 0. The highest BCUT2D eigenvalue weighted by Gasteiger charge is 1.93. The second-order valence-electron chi connectivity index (χ2n) is 3.35. The van der Waals surface area contributed by atoms with Gasteiger partial charge in [0.2, 0.25) is 0 Å². The van der Waals surface area contributed by atoms with Crippen LogP contribution in [0.5, 0.6) is 5.75 Å². The first kappa shape index (κ1) is 11.8. The van der Waals surface area contributed by atoms with Crippen LogP contribution in [0.1, 0.15) is 26.2 Å². The summed E-state index contributed by atoms with van der Waals surface area (Å²) in [6, 6.07) is 6.22. The van der Waals surface area contributed by atoms with E-state index >= 15 is 0 Å². The highest BCUT2D eigenvalue weighted by molar-refractivity contribution is 5.22. The zero-order chi connectivity index (χ0) is 10.9. The summed E-state index contributed by atoms with van der Waals surface area (Å²) in [5.41, 5.74) is 0. The first-order valence-electron chi connectivity index (χ1n) is 5.36. The van der Waals surface area contributed by atoms with Gasteiger partial charge in [0, 0.05) is 6.07 Å². The predicted octanol–water partition coefficient (Wildman–Crippen LogP) is 3.95. The number of unbranched alkanes of at least 4 members (excludes halogenated alkanes) is 1. The fourth-order valence-electron chi connectivity index (χ4n) is 1.20. The van der Waals surface area contributed by atoms with Crippen molar-refractivity contribution in [2.75, 3.05) is 6.61 Å². The zero-order valence-corrected chi connectivity index (χ0v) is 9.08. The molecule has 82 valence electrons. The van der Waals surface area contributed by atoms with Crippen LogP contribution in [-0.2, 0) is 0 Å². The van der Waals surface area contributed by atoms with Crippen LogP contribution in [0.2, 0.25) is 0 Å². The van der Waals surface area contributed by atoms with Gasteiger partial charge in [0.25, 0.3) is 0 Å². The van der Waals surface area contributed by atoms with Crippen LogP contribution < -0.4 is 4.74 Å². The lowest BCUT2D eigenvalue weighted by Crippen LogP contribution is -1.95. The smallest absolute Gasteiger partial charge is 0.126 e. The second kappa shape index (κ2) is 7.04. The van der Waals surface area contributed by atoms with Gasteiger partial charge in [-0.05, 0) is 25.0 Å². The third-order valence-corrected chi connectivity index (χ3v) is 1.97. The quantitative estimate of drug-likeness (QED) is 0.508. The lowest BCUT2D eigenvalue weighted by molar-refractivity contribution is 0.323. The third kappa shape index (κ3) is 5.21. The van der Waals surface area contributed by atoms with Gasteiger partial charge in [0.05, 0.1) is 6.61 Å². The van der Waals surface area contributed by atoms with Gasteiger partial charge < -0.3 is 4.74 Å². The molecule has 0 aliphatic heterocycles. The molecule has 0 unspecified atom stereocenters. The van der Waals surface area contributed by atoms with E-state index in [4.69, 9.17) is 4.74 Å². The Morgan fingerprint density at radius 1 is 1.27 bits per heavy atom. The number of halogens is 1. The minimum atomic E-state index is -0.256. The summed E-state index contributed by atoms with van der Waals surface area (Å²) in [7, 11) is 0. The number of hydrogen-bond donors (Lipinski definition) is 0. The number of hydrogen-bond acceptors (Lipinski definition) is 1. The molecule has 0 atom stereocenters. The highest BCUT2D eigenvalue weighted by atomic mass is 19.1. The molecule has 0 aliphatic carbocycles. The molecule has 2 heteroatoms. The molecule has 15 heavy (non-hydrogen) atoms. The number of rotatable bonds is 6. The Labute approximate surface area is 90.6 Å². The van der Waals surface area contributed by atoms with Gasteiger partial charge in [-0.15, -0.1) is 0 Å². The van der Waals surface area contributed by atoms with Crippen molar-refractivity contribution in [2.24, 2.45) is 0 Å². The third-order valence-electron chi connectivity index (χ3n) is 1.97. The molecule has 0 saturated heterocycles. The first-order chi connectivity index (χ1) is 7.33. The van der Waals surface area contributed by atoms with E-state index in [1.165, 1.54) is 18.6 Å². The molecule has 0 spiro atoms. The van der Waals surface area contributed by atoms with E-state index < -0.39 is 0 Å². The average Bonchev–Trinajstić information content (AvgIpc) is 2.23. The van der Waals surface area contributed by atoms with Crippen molar-refractivity contribution < 1.29 is 9.13 Å². The van der Waals surface area contributed by atoms with Crippen LogP contribution in [0.15, 0.2) is 36.4 Å². The molecule has 0 fully saturated rings. The maximum Gasteiger partial charge on any atom is 0.126 e. The maximum absolute atomic E-state index is 12.7. The normalized spacial score (nSPS) is 10.8. The monoisotopic (exact) mass is 208 g/mol. The van der Waals surface area contributed by atoms with Gasteiger partial charge in [-0.2, -0.15) is 0 Å². The largest absolute Gasteiger partial charge is 0.493 e. The van der Waals surface area contributed by atoms with Gasteiger partial charge in [-0.1, -0.05) is 31.6 Å². The van der Waals surface area contributed by atoms with E-state index in [1.807, 2.05) is 0 Å². The van der Waals surface area contributed by atoms with E-state index in [-0.39, 0.29) is 5.82 Å². The topological polar surface area (TPSA) is 9.23 Å². The lowest BCUT2D eigenvalue weighted by Gasteiger charge is -2.03. The van der Waals surface area contributed by atoms with Crippen LogP contribution >= 0.6 is 0 Å². The van der Waals surface area contributed by atoms with E-state index in [2.05, 4.69) is 19.1 Å². The van der Waals surface area contributed by atoms with Crippen molar-refractivity contribution in [2.45, 2.75) is 26.2 Å². The van der Waals surface area contributed by atoms with Crippen molar-refractivity contribution in [1.82, 2.24) is 0 Å². The summed E-state index contributed by atoms with van der Waals surface area (Å²) in [5.74, 6) is 0.341. The minimum absolute atomic E-state index is 0.256. The average molecular weight is 208 g/mol. The van der Waals surface area contributed by atoms with Crippen LogP contribution in [0.3, 0.4) is 0 Å². The van der Waals surface area contributed by atoms with Crippen molar-refractivity contribution in [1.29, 1.82) is 0 Å². The first-order valence-corrected chi connectivity index (χ1v) is 5.36. The summed E-state index contributed by atoms with van der Waals surface area (Å²) in [6.45, 7) is 2.75.